The van der Waals surface area contributed by atoms with E-state index in [0.29, 0.717) is 11.8 Å². The number of hydrogen-bond donors (Lipinski definition) is 1. The van der Waals surface area contributed by atoms with Crippen molar-refractivity contribution in [2.45, 2.75) is 38.8 Å². The number of fused-ring (bicyclic) bond motifs is 1. The van der Waals surface area contributed by atoms with Gasteiger partial charge in [0.05, 0.1) is 19.3 Å². The number of nitrogens with one attached hydrogen (secondary N) is 1. The SMILES string of the molecule is CC(=O)N1c2ccc(N3CCOCC3)cc2[C@@H](Nc2ccccc2)[C@H](C)C1C1CC1. The molecule has 1 N–H and O–H groups in total. The zero-order valence-electron chi connectivity index (χ0n) is 17.9. The van der Waals surface area contributed by atoms with Crippen LogP contribution in [0.4, 0.5) is 17.1 Å². The molecular formula is C25H31N3O2. The molecule has 5 nitrogen and oxygen atoms in total. The number of hydrogen-bond acceptors (Lipinski definition) is 4. The van der Waals surface area contributed by atoms with E-state index in [2.05, 4.69) is 64.5 Å². The first-order valence-electron chi connectivity index (χ1n) is 11.2. The number of ether oxygens (including phenoxy) is 1. The van der Waals surface area contributed by atoms with E-state index in [1.54, 1.807) is 6.92 Å². The van der Waals surface area contributed by atoms with E-state index in [9.17, 15) is 4.79 Å². The minimum Gasteiger partial charge on any atom is -0.378 e. The summed E-state index contributed by atoms with van der Waals surface area (Å²) < 4.78 is 5.54. The van der Waals surface area contributed by atoms with Crippen LogP contribution in [-0.4, -0.2) is 38.3 Å². The Morgan fingerprint density at radius 1 is 1.07 bits per heavy atom. The van der Waals surface area contributed by atoms with Crippen LogP contribution >= 0.6 is 0 Å². The predicted octanol–water partition coefficient (Wildman–Crippen LogP) is 4.46. The van der Waals surface area contributed by atoms with Gasteiger partial charge in [0.25, 0.3) is 0 Å². The lowest BCUT2D eigenvalue weighted by Gasteiger charge is -2.46. The number of rotatable bonds is 4. The van der Waals surface area contributed by atoms with Gasteiger partial charge in [0.2, 0.25) is 5.91 Å². The maximum absolute atomic E-state index is 12.8. The van der Waals surface area contributed by atoms with Crippen LogP contribution in [0.25, 0.3) is 0 Å². The molecule has 1 aliphatic carbocycles. The van der Waals surface area contributed by atoms with Gasteiger partial charge >= 0.3 is 0 Å². The van der Waals surface area contributed by atoms with E-state index in [1.807, 2.05) is 6.07 Å². The molecule has 30 heavy (non-hydrogen) atoms. The number of para-hydroxylation sites is 1. The first kappa shape index (κ1) is 19.4. The fraction of sp³-hybridized carbons (Fsp3) is 0.480. The normalized spacial score (nSPS) is 26.3. The van der Waals surface area contributed by atoms with Crippen LogP contribution in [-0.2, 0) is 9.53 Å². The molecule has 0 spiro atoms. The van der Waals surface area contributed by atoms with E-state index in [1.165, 1.54) is 24.1 Å². The Bertz CT molecular complexity index is 906. The summed E-state index contributed by atoms with van der Waals surface area (Å²) >= 11 is 0. The summed E-state index contributed by atoms with van der Waals surface area (Å²) in [6, 6.07) is 17.5. The van der Waals surface area contributed by atoms with Crippen molar-refractivity contribution >= 4 is 23.0 Å². The zero-order valence-corrected chi connectivity index (χ0v) is 17.9. The molecular weight excluding hydrogens is 374 g/mol. The molecule has 5 heteroatoms. The monoisotopic (exact) mass is 405 g/mol. The van der Waals surface area contributed by atoms with E-state index in [4.69, 9.17) is 4.74 Å². The van der Waals surface area contributed by atoms with Crippen LogP contribution in [0.3, 0.4) is 0 Å². The van der Waals surface area contributed by atoms with Crippen molar-refractivity contribution < 1.29 is 9.53 Å². The average Bonchev–Trinajstić information content (AvgIpc) is 3.61. The zero-order chi connectivity index (χ0) is 20.7. The standard InChI is InChI=1S/C25H31N3O2/c1-17-24(26-20-6-4-3-5-7-20)22-16-21(27-12-14-30-15-13-27)10-11-23(22)28(18(2)29)25(17)19-8-9-19/h3-7,10-11,16-17,19,24-26H,8-9,12-15H2,1-2H3/t17-,24-,25?/m0/s1. The van der Waals surface area contributed by atoms with Crippen molar-refractivity contribution in [1.29, 1.82) is 0 Å². The number of anilines is 3. The maximum Gasteiger partial charge on any atom is 0.224 e. The quantitative estimate of drug-likeness (QED) is 0.816. The lowest BCUT2D eigenvalue weighted by Crippen LogP contribution is -2.51. The molecule has 2 heterocycles. The van der Waals surface area contributed by atoms with Gasteiger partial charge in [-0.25, -0.2) is 0 Å². The molecule has 3 atom stereocenters. The van der Waals surface area contributed by atoms with Gasteiger partial charge in [-0.3, -0.25) is 4.79 Å². The van der Waals surface area contributed by atoms with E-state index < -0.39 is 0 Å². The van der Waals surface area contributed by atoms with Crippen molar-refractivity contribution in [3.63, 3.8) is 0 Å². The Balaban J connectivity index is 1.58. The van der Waals surface area contributed by atoms with Crippen molar-refractivity contribution in [2.75, 3.05) is 41.4 Å². The Hall–Kier alpha value is -2.53. The summed E-state index contributed by atoms with van der Waals surface area (Å²) in [5.74, 6) is 1.09. The molecule has 5 rings (SSSR count). The molecule has 2 aromatic carbocycles. The molecule has 1 saturated heterocycles. The third-order valence-corrected chi connectivity index (χ3v) is 6.88. The van der Waals surface area contributed by atoms with Crippen molar-refractivity contribution in [3.8, 4) is 0 Å². The molecule has 0 aromatic heterocycles. The second-order valence-corrected chi connectivity index (χ2v) is 8.91. The first-order valence-corrected chi connectivity index (χ1v) is 11.2. The van der Waals surface area contributed by atoms with Gasteiger partial charge < -0.3 is 19.9 Å². The molecule has 2 fully saturated rings. The number of amides is 1. The third kappa shape index (κ3) is 3.56. The lowest BCUT2D eigenvalue weighted by atomic mass is 9.79. The van der Waals surface area contributed by atoms with E-state index >= 15 is 0 Å². The van der Waals surface area contributed by atoms with Crippen LogP contribution in [0.1, 0.15) is 38.3 Å². The number of carbonyl (C=O) groups excluding carboxylic acids is 1. The van der Waals surface area contributed by atoms with Crippen molar-refractivity contribution in [2.24, 2.45) is 11.8 Å². The highest BCUT2D eigenvalue weighted by Crippen LogP contribution is 2.50. The molecule has 2 aliphatic heterocycles. The van der Waals surface area contributed by atoms with Gasteiger partial charge in [0.15, 0.2) is 0 Å². The Kier molecular flexibility index (Phi) is 5.15. The Morgan fingerprint density at radius 3 is 2.47 bits per heavy atom. The van der Waals surface area contributed by atoms with Gasteiger partial charge in [-0.15, -0.1) is 0 Å². The molecule has 1 unspecified atom stereocenters. The molecule has 1 saturated carbocycles. The molecule has 158 valence electrons. The van der Waals surface area contributed by atoms with Gasteiger partial charge in [-0.05, 0) is 49.1 Å². The van der Waals surface area contributed by atoms with Gasteiger partial charge in [-0.2, -0.15) is 0 Å². The highest BCUT2D eigenvalue weighted by atomic mass is 16.5. The van der Waals surface area contributed by atoms with E-state index in [0.717, 1.165) is 37.7 Å². The molecule has 0 radical (unpaired) electrons. The smallest absolute Gasteiger partial charge is 0.224 e. The highest BCUT2D eigenvalue weighted by Gasteiger charge is 2.47. The number of nitrogens with zero attached hydrogens (tertiary/aromatic N) is 2. The van der Waals surface area contributed by atoms with E-state index in [-0.39, 0.29) is 18.0 Å². The number of benzene rings is 2. The maximum atomic E-state index is 12.8. The Morgan fingerprint density at radius 2 is 1.80 bits per heavy atom. The summed E-state index contributed by atoms with van der Waals surface area (Å²) in [7, 11) is 0. The second-order valence-electron chi connectivity index (χ2n) is 8.91. The average molecular weight is 406 g/mol. The van der Waals surface area contributed by atoms with Crippen molar-refractivity contribution in [3.05, 3.63) is 54.1 Å². The third-order valence-electron chi connectivity index (χ3n) is 6.88. The minimum absolute atomic E-state index is 0.150. The Labute approximate surface area is 179 Å². The summed E-state index contributed by atoms with van der Waals surface area (Å²) in [5, 5.41) is 3.81. The topological polar surface area (TPSA) is 44.8 Å². The molecule has 2 aromatic rings. The van der Waals surface area contributed by atoms with Crippen LogP contribution in [0, 0.1) is 11.8 Å². The van der Waals surface area contributed by atoms with Crippen LogP contribution in [0.2, 0.25) is 0 Å². The second kappa shape index (κ2) is 7.95. The molecule has 1 amide bonds. The van der Waals surface area contributed by atoms with Gasteiger partial charge in [-0.1, -0.05) is 25.1 Å². The highest BCUT2D eigenvalue weighted by molar-refractivity contribution is 5.94. The summed E-state index contributed by atoms with van der Waals surface area (Å²) in [4.78, 5) is 17.3. The van der Waals surface area contributed by atoms with Crippen LogP contribution in [0.15, 0.2) is 48.5 Å². The fourth-order valence-corrected chi connectivity index (χ4v) is 5.29. The summed E-state index contributed by atoms with van der Waals surface area (Å²) in [6.45, 7) is 7.38. The fourth-order valence-electron chi connectivity index (χ4n) is 5.29. The minimum atomic E-state index is 0.150. The van der Waals surface area contributed by atoms with Gasteiger partial charge in [0.1, 0.15) is 0 Å². The van der Waals surface area contributed by atoms with Crippen molar-refractivity contribution in [1.82, 2.24) is 0 Å². The van der Waals surface area contributed by atoms with Gasteiger partial charge in [0, 0.05) is 54.6 Å². The summed E-state index contributed by atoms with van der Waals surface area (Å²) in [6.07, 6.45) is 2.44. The van der Waals surface area contributed by atoms with Crippen LogP contribution in [0.5, 0.6) is 0 Å². The number of morpholine rings is 1. The molecule has 0 bridgehead atoms. The largest absolute Gasteiger partial charge is 0.378 e. The first-order chi connectivity index (χ1) is 14.6. The molecule has 3 aliphatic rings. The van der Waals surface area contributed by atoms with Crippen LogP contribution < -0.4 is 15.1 Å². The summed E-state index contributed by atoms with van der Waals surface area (Å²) in [5.41, 5.74) is 4.64. The predicted molar refractivity (Wildman–Crippen MR) is 121 cm³/mol. The number of carbonyl (C=O) groups is 1. The lowest BCUT2D eigenvalue weighted by molar-refractivity contribution is -0.117.